The molecule has 1 N–H and O–H groups in total. The molecule has 3 aromatic carbocycles. The van der Waals surface area contributed by atoms with Gasteiger partial charge in [0.2, 0.25) is 11.6 Å². The van der Waals surface area contributed by atoms with Crippen molar-refractivity contribution in [3.05, 3.63) is 115 Å². The molecular weight excluding hydrogens is 561 g/mol. The Labute approximate surface area is 248 Å². The summed E-state index contributed by atoms with van der Waals surface area (Å²) in [5.41, 5.74) is 3.73. The van der Waals surface area contributed by atoms with Crippen LogP contribution in [0.3, 0.4) is 0 Å². The Kier molecular flexibility index (Phi) is 8.64. The topological polar surface area (TPSA) is 111 Å². The minimum atomic E-state index is -0.604. The summed E-state index contributed by atoms with van der Waals surface area (Å²) < 4.78 is 0. The Morgan fingerprint density at radius 2 is 1.76 bits per heavy atom. The number of hydrogen-bond donors (Lipinski definition) is 1. The molecule has 1 aromatic heterocycles. The van der Waals surface area contributed by atoms with Crippen molar-refractivity contribution in [2.45, 2.75) is 19.4 Å². The number of benzene rings is 3. The van der Waals surface area contributed by atoms with Gasteiger partial charge in [0.15, 0.2) is 0 Å². The third kappa shape index (κ3) is 6.41. The number of nitrogens with one attached hydrogen (secondary N) is 1. The first-order valence-corrected chi connectivity index (χ1v) is 13.8. The fraction of sp³-hybridized carbons (Fsp3) is 0.233. The van der Waals surface area contributed by atoms with Crippen LogP contribution in [0, 0.1) is 28.4 Å². The third-order valence-corrected chi connectivity index (χ3v) is 7.73. The molecule has 0 radical (unpaired) electrons. The molecule has 1 unspecified atom stereocenters. The van der Waals surface area contributed by atoms with Gasteiger partial charge in [0, 0.05) is 48.5 Å². The second kappa shape index (κ2) is 12.5. The van der Waals surface area contributed by atoms with Gasteiger partial charge in [0.1, 0.15) is 6.33 Å². The van der Waals surface area contributed by atoms with Crippen molar-refractivity contribution in [2.75, 3.05) is 36.4 Å². The van der Waals surface area contributed by atoms with Gasteiger partial charge in [0.25, 0.3) is 0 Å². The van der Waals surface area contributed by atoms with Gasteiger partial charge in [-0.25, -0.2) is 9.97 Å². The van der Waals surface area contributed by atoms with E-state index in [9.17, 15) is 15.4 Å². The summed E-state index contributed by atoms with van der Waals surface area (Å²) in [6, 6.07) is 23.1. The Hall–Kier alpha value is -4.23. The minimum absolute atomic E-state index is 0.0770. The van der Waals surface area contributed by atoms with Crippen LogP contribution in [0.5, 0.6) is 0 Å². The van der Waals surface area contributed by atoms with E-state index in [4.69, 9.17) is 23.2 Å². The lowest BCUT2D eigenvalue weighted by Crippen LogP contribution is -2.46. The molecule has 1 saturated heterocycles. The molecule has 1 aliphatic heterocycles. The largest absolute Gasteiger partial charge is 0.353 e. The number of nitro groups is 1. The van der Waals surface area contributed by atoms with Crippen LogP contribution in [0.4, 0.5) is 23.0 Å². The number of rotatable bonds is 8. The van der Waals surface area contributed by atoms with Crippen LogP contribution in [-0.4, -0.2) is 46.0 Å². The zero-order valence-corrected chi connectivity index (χ0v) is 23.8. The van der Waals surface area contributed by atoms with Crippen LogP contribution < -0.4 is 10.2 Å². The van der Waals surface area contributed by atoms with Crippen molar-refractivity contribution in [1.82, 2.24) is 14.9 Å². The van der Waals surface area contributed by atoms with Crippen LogP contribution in [0.1, 0.15) is 28.2 Å². The lowest BCUT2D eigenvalue weighted by molar-refractivity contribution is -0.383. The molecule has 9 nitrogen and oxygen atoms in total. The second-order valence-corrected chi connectivity index (χ2v) is 10.7. The first-order valence-electron chi connectivity index (χ1n) is 13.1. The van der Waals surface area contributed by atoms with E-state index in [2.05, 4.69) is 38.4 Å². The van der Waals surface area contributed by atoms with E-state index < -0.39 is 10.8 Å². The fourth-order valence-electron chi connectivity index (χ4n) is 4.99. The van der Waals surface area contributed by atoms with Gasteiger partial charge in [-0.3, -0.25) is 15.0 Å². The average molecular weight is 588 g/mol. The van der Waals surface area contributed by atoms with E-state index in [0.29, 0.717) is 34.4 Å². The van der Waals surface area contributed by atoms with Crippen LogP contribution in [0.15, 0.2) is 73.1 Å². The first-order chi connectivity index (χ1) is 19.8. The van der Waals surface area contributed by atoms with E-state index in [-0.39, 0.29) is 17.3 Å². The van der Waals surface area contributed by atoms with Gasteiger partial charge in [0.05, 0.1) is 16.9 Å². The number of aromatic nitrogens is 2. The van der Waals surface area contributed by atoms with Crippen molar-refractivity contribution >= 4 is 46.2 Å². The molecule has 1 fully saturated rings. The SMILES string of the molecule is Cc1cc(C(C#N)c2ccc(Cl)cc2)c(Cl)cc1Nc1ncnc(N2CCN(Cc3ccccc3)CC2)c1[N+](=O)[O-]. The molecule has 0 spiro atoms. The molecule has 0 aliphatic carbocycles. The van der Waals surface area contributed by atoms with Crippen LogP contribution in [-0.2, 0) is 6.54 Å². The number of anilines is 3. The monoisotopic (exact) mass is 587 g/mol. The zero-order chi connectivity index (χ0) is 28.9. The number of nitriles is 1. The predicted octanol–water partition coefficient (Wildman–Crippen LogP) is 6.72. The number of aryl methyl sites for hydroxylation is 1. The lowest BCUT2D eigenvalue weighted by Gasteiger charge is -2.35. The molecule has 41 heavy (non-hydrogen) atoms. The number of halogens is 2. The van der Waals surface area contributed by atoms with Crippen molar-refractivity contribution in [3.63, 3.8) is 0 Å². The highest BCUT2D eigenvalue weighted by Crippen LogP contribution is 2.38. The molecule has 11 heteroatoms. The summed E-state index contributed by atoms with van der Waals surface area (Å²) in [6.07, 6.45) is 1.33. The maximum atomic E-state index is 12.3. The molecule has 5 rings (SSSR count). The van der Waals surface area contributed by atoms with E-state index in [1.165, 1.54) is 11.9 Å². The molecule has 1 aliphatic rings. The fourth-order valence-corrected chi connectivity index (χ4v) is 5.38. The number of hydrogen-bond acceptors (Lipinski definition) is 8. The van der Waals surface area contributed by atoms with Gasteiger partial charge in [-0.15, -0.1) is 0 Å². The molecule has 4 aromatic rings. The maximum absolute atomic E-state index is 12.3. The quantitative estimate of drug-likeness (QED) is 0.178. The smallest absolute Gasteiger partial charge is 0.348 e. The van der Waals surface area contributed by atoms with Gasteiger partial charge in [-0.1, -0.05) is 71.7 Å². The van der Waals surface area contributed by atoms with E-state index in [0.717, 1.165) is 30.8 Å². The Morgan fingerprint density at radius 3 is 2.41 bits per heavy atom. The summed E-state index contributed by atoms with van der Waals surface area (Å²) >= 11 is 12.7. The highest BCUT2D eigenvalue weighted by molar-refractivity contribution is 6.32. The van der Waals surface area contributed by atoms with Gasteiger partial charge >= 0.3 is 5.69 Å². The van der Waals surface area contributed by atoms with Crippen molar-refractivity contribution in [3.8, 4) is 6.07 Å². The van der Waals surface area contributed by atoms with Crippen molar-refractivity contribution in [1.29, 1.82) is 5.26 Å². The summed E-state index contributed by atoms with van der Waals surface area (Å²) in [5, 5.41) is 26.2. The molecule has 0 bridgehead atoms. The van der Waals surface area contributed by atoms with Crippen LogP contribution in [0.25, 0.3) is 0 Å². The van der Waals surface area contributed by atoms with E-state index >= 15 is 0 Å². The summed E-state index contributed by atoms with van der Waals surface area (Å²) in [5.74, 6) is -0.249. The zero-order valence-electron chi connectivity index (χ0n) is 22.3. The first kappa shape index (κ1) is 28.3. The standard InChI is InChI=1S/C30H27Cl2N7O2/c1-20-15-24(25(17-33)22-7-9-23(31)10-8-22)26(32)16-27(20)36-29-28(39(40)41)30(35-19-34-29)38-13-11-37(12-14-38)18-21-5-3-2-4-6-21/h2-10,15-16,19,25H,11-14,18H2,1H3,(H,34,35,36). The van der Waals surface area contributed by atoms with Gasteiger partial charge < -0.3 is 10.2 Å². The molecule has 0 saturated carbocycles. The predicted molar refractivity (Wildman–Crippen MR) is 161 cm³/mol. The normalized spacial score (nSPS) is 14.3. The maximum Gasteiger partial charge on any atom is 0.353 e. The third-order valence-electron chi connectivity index (χ3n) is 7.15. The Balaban J connectivity index is 1.37. The van der Waals surface area contributed by atoms with Crippen molar-refractivity contribution in [2.24, 2.45) is 0 Å². The second-order valence-electron chi connectivity index (χ2n) is 9.83. The molecule has 1 atom stereocenters. The van der Waals surface area contributed by atoms with Crippen LogP contribution >= 0.6 is 23.2 Å². The highest BCUT2D eigenvalue weighted by Gasteiger charge is 2.30. The van der Waals surface area contributed by atoms with E-state index in [1.54, 1.807) is 30.3 Å². The average Bonchev–Trinajstić information content (AvgIpc) is 2.97. The summed E-state index contributed by atoms with van der Waals surface area (Å²) in [4.78, 5) is 24.6. The molecule has 208 valence electrons. The summed E-state index contributed by atoms with van der Waals surface area (Å²) in [7, 11) is 0. The summed E-state index contributed by atoms with van der Waals surface area (Å²) in [6.45, 7) is 5.38. The van der Waals surface area contributed by atoms with E-state index in [1.807, 2.05) is 36.1 Å². The molecule has 0 amide bonds. The number of nitrogens with zero attached hydrogens (tertiary/aromatic N) is 6. The molecular formula is C30H27Cl2N7O2. The Morgan fingerprint density at radius 1 is 1.05 bits per heavy atom. The Bertz CT molecular complexity index is 1590. The molecule has 2 heterocycles. The highest BCUT2D eigenvalue weighted by atomic mass is 35.5. The van der Waals surface area contributed by atoms with Gasteiger partial charge in [-0.05, 0) is 47.4 Å². The minimum Gasteiger partial charge on any atom is -0.348 e. The van der Waals surface area contributed by atoms with Crippen molar-refractivity contribution < 1.29 is 4.92 Å². The van der Waals surface area contributed by atoms with Gasteiger partial charge in [-0.2, -0.15) is 5.26 Å². The number of piperazine rings is 1. The lowest BCUT2D eigenvalue weighted by atomic mass is 9.91. The van der Waals surface area contributed by atoms with Crippen LogP contribution in [0.2, 0.25) is 10.0 Å².